The Morgan fingerprint density at radius 2 is 1.61 bits per heavy atom. The number of aliphatic hydroxyl groups is 2. The summed E-state index contributed by atoms with van der Waals surface area (Å²) in [6.07, 6.45) is -2.01. The molecule has 2 aromatic carbocycles. The number of rotatable bonds is 7. The second kappa shape index (κ2) is 7.71. The second-order valence-corrected chi connectivity index (χ2v) is 4.87. The smallest absolute Gasteiger partial charge is 0.161 e. The Morgan fingerprint density at radius 3 is 2.22 bits per heavy atom. The van der Waals surface area contributed by atoms with E-state index >= 15 is 0 Å². The van der Waals surface area contributed by atoms with Gasteiger partial charge in [0.15, 0.2) is 29.1 Å². The molecule has 2 aromatic rings. The summed E-state index contributed by atoms with van der Waals surface area (Å²) >= 11 is 0. The summed E-state index contributed by atoms with van der Waals surface area (Å²) in [5.74, 6) is 1.12. The SMILES string of the molecule is COc1cc(C(O)[C@H](CO)Oc2ccccc2OC)ccc1O. The summed E-state index contributed by atoms with van der Waals surface area (Å²) in [6, 6.07) is 11.4. The van der Waals surface area contributed by atoms with Crippen molar-refractivity contribution < 1.29 is 29.5 Å². The summed E-state index contributed by atoms with van der Waals surface area (Å²) in [4.78, 5) is 0. The van der Waals surface area contributed by atoms with Crippen molar-refractivity contribution in [3.63, 3.8) is 0 Å². The first-order valence-electron chi connectivity index (χ1n) is 7.06. The molecule has 0 aliphatic heterocycles. The molecule has 0 aliphatic rings. The number of hydrogen-bond donors (Lipinski definition) is 3. The first-order valence-corrected chi connectivity index (χ1v) is 7.06. The lowest BCUT2D eigenvalue weighted by Gasteiger charge is -2.24. The van der Waals surface area contributed by atoms with Crippen LogP contribution in [0.25, 0.3) is 0 Å². The van der Waals surface area contributed by atoms with E-state index in [1.54, 1.807) is 24.3 Å². The van der Waals surface area contributed by atoms with Gasteiger partial charge in [-0.25, -0.2) is 0 Å². The van der Waals surface area contributed by atoms with Gasteiger partial charge in [-0.15, -0.1) is 0 Å². The molecule has 0 aliphatic carbocycles. The maximum Gasteiger partial charge on any atom is 0.161 e. The number of ether oxygens (including phenoxy) is 3. The van der Waals surface area contributed by atoms with Crippen LogP contribution in [0.15, 0.2) is 42.5 Å². The third kappa shape index (κ3) is 3.85. The maximum absolute atomic E-state index is 10.5. The van der Waals surface area contributed by atoms with E-state index in [1.807, 2.05) is 0 Å². The lowest BCUT2D eigenvalue weighted by molar-refractivity contribution is -0.000512. The molecule has 0 amide bonds. The Hall–Kier alpha value is -2.44. The van der Waals surface area contributed by atoms with Crippen LogP contribution >= 0.6 is 0 Å². The number of aromatic hydroxyl groups is 1. The zero-order chi connectivity index (χ0) is 16.8. The van der Waals surface area contributed by atoms with Gasteiger partial charge in [0.05, 0.1) is 20.8 Å². The average Bonchev–Trinajstić information content (AvgIpc) is 2.59. The minimum Gasteiger partial charge on any atom is -0.504 e. The van der Waals surface area contributed by atoms with E-state index in [-0.39, 0.29) is 11.5 Å². The molecular weight excluding hydrogens is 300 g/mol. The van der Waals surface area contributed by atoms with Crippen molar-refractivity contribution in [2.24, 2.45) is 0 Å². The quantitative estimate of drug-likeness (QED) is 0.722. The zero-order valence-electron chi connectivity index (χ0n) is 13.0. The van der Waals surface area contributed by atoms with Crippen LogP contribution in [0.3, 0.4) is 0 Å². The van der Waals surface area contributed by atoms with Crippen molar-refractivity contribution in [2.75, 3.05) is 20.8 Å². The van der Waals surface area contributed by atoms with Crippen molar-refractivity contribution in [1.82, 2.24) is 0 Å². The maximum atomic E-state index is 10.5. The standard InChI is InChI=1S/C17H20O6/c1-21-13-5-3-4-6-14(13)23-16(10-18)17(20)11-7-8-12(19)15(9-11)22-2/h3-9,16-20H,10H2,1-2H3/t16-,17?/m0/s1. The van der Waals surface area contributed by atoms with Crippen LogP contribution in [-0.2, 0) is 0 Å². The highest BCUT2D eigenvalue weighted by atomic mass is 16.5. The summed E-state index contributed by atoms with van der Waals surface area (Å²) in [6.45, 7) is -0.400. The minimum atomic E-state index is -1.11. The van der Waals surface area contributed by atoms with Crippen LogP contribution in [0, 0.1) is 0 Å². The molecule has 3 N–H and O–H groups in total. The van der Waals surface area contributed by atoms with Gasteiger partial charge < -0.3 is 29.5 Å². The summed E-state index contributed by atoms with van der Waals surface area (Å²) in [7, 11) is 2.93. The molecule has 23 heavy (non-hydrogen) atoms. The Morgan fingerprint density at radius 1 is 0.957 bits per heavy atom. The van der Waals surface area contributed by atoms with Gasteiger partial charge in [-0.2, -0.15) is 0 Å². The van der Waals surface area contributed by atoms with Gasteiger partial charge in [-0.05, 0) is 29.8 Å². The first kappa shape index (κ1) is 16.9. The third-order valence-electron chi connectivity index (χ3n) is 3.42. The third-order valence-corrected chi connectivity index (χ3v) is 3.42. The zero-order valence-corrected chi connectivity index (χ0v) is 13.0. The molecule has 2 rings (SSSR count). The molecule has 0 aromatic heterocycles. The van der Waals surface area contributed by atoms with Gasteiger partial charge in [0.1, 0.15) is 6.10 Å². The number of hydrogen-bond acceptors (Lipinski definition) is 6. The van der Waals surface area contributed by atoms with Gasteiger partial charge in [0.25, 0.3) is 0 Å². The van der Waals surface area contributed by atoms with Gasteiger partial charge in [0, 0.05) is 0 Å². The predicted molar refractivity (Wildman–Crippen MR) is 84.1 cm³/mol. The van der Waals surface area contributed by atoms with E-state index in [9.17, 15) is 15.3 Å². The van der Waals surface area contributed by atoms with Crippen LogP contribution in [0.1, 0.15) is 11.7 Å². The largest absolute Gasteiger partial charge is 0.504 e. The molecule has 0 spiro atoms. The Labute approximate surface area is 134 Å². The number of methoxy groups -OCH3 is 2. The van der Waals surface area contributed by atoms with Crippen molar-refractivity contribution >= 4 is 0 Å². The molecule has 2 atom stereocenters. The highest BCUT2D eigenvalue weighted by Crippen LogP contribution is 2.33. The minimum absolute atomic E-state index is 0.0327. The monoisotopic (exact) mass is 320 g/mol. The molecule has 6 heteroatoms. The molecule has 0 bridgehead atoms. The molecule has 1 unspecified atom stereocenters. The van der Waals surface area contributed by atoms with Gasteiger partial charge >= 0.3 is 0 Å². The molecular formula is C17H20O6. The van der Waals surface area contributed by atoms with Crippen LogP contribution in [0.2, 0.25) is 0 Å². The normalized spacial score (nSPS) is 13.2. The lowest BCUT2D eigenvalue weighted by atomic mass is 10.0. The first-order chi connectivity index (χ1) is 11.1. The second-order valence-electron chi connectivity index (χ2n) is 4.87. The predicted octanol–water partition coefficient (Wildman–Crippen LogP) is 1.88. The number of aliphatic hydroxyl groups excluding tert-OH is 2. The molecule has 0 saturated carbocycles. The van der Waals surface area contributed by atoms with Crippen LogP contribution in [-0.4, -0.2) is 42.3 Å². The van der Waals surface area contributed by atoms with Crippen LogP contribution < -0.4 is 14.2 Å². The van der Waals surface area contributed by atoms with E-state index in [2.05, 4.69) is 0 Å². The van der Waals surface area contributed by atoms with E-state index in [1.165, 1.54) is 32.4 Å². The molecule has 0 heterocycles. The van der Waals surface area contributed by atoms with Gasteiger partial charge in [-0.3, -0.25) is 0 Å². The summed E-state index contributed by atoms with van der Waals surface area (Å²) < 4.78 is 15.9. The number of phenols is 1. The fourth-order valence-electron chi connectivity index (χ4n) is 2.17. The molecule has 0 radical (unpaired) electrons. The van der Waals surface area contributed by atoms with Crippen molar-refractivity contribution in [1.29, 1.82) is 0 Å². The average molecular weight is 320 g/mol. The van der Waals surface area contributed by atoms with E-state index in [4.69, 9.17) is 14.2 Å². The van der Waals surface area contributed by atoms with E-state index in [0.717, 1.165) is 0 Å². The van der Waals surface area contributed by atoms with E-state index < -0.39 is 18.8 Å². The summed E-state index contributed by atoms with van der Waals surface area (Å²) in [5, 5.41) is 29.6. The number of phenolic OH excluding ortho intramolecular Hbond substituents is 1. The summed E-state index contributed by atoms with van der Waals surface area (Å²) in [5.41, 5.74) is 0.452. The van der Waals surface area contributed by atoms with E-state index in [0.29, 0.717) is 17.1 Å². The Balaban J connectivity index is 2.23. The highest BCUT2D eigenvalue weighted by Gasteiger charge is 2.24. The van der Waals surface area contributed by atoms with Crippen molar-refractivity contribution in [3.05, 3.63) is 48.0 Å². The topological polar surface area (TPSA) is 88.4 Å². The fraction of sp³-hybridized carbons (Fsp3) is 0.294. The lowest BCUT2D eigenvalue weighted by Crippen LogP contribution is -2.29. The van der Waals surface area contributed by atoms with Crippen molar-refractivity contribution in [2.45, 2.75) is 12.2 Å². The van der Waals surface area contributed by atoms with Gasteiger partial charge in [-0.1, -0.05) is 18.2 Å². The Bertz CT molecular complexity index is 643. The Kier molecular flexibility index (Phi) is 5.67. The van der Waals surface area contributed by atoms with Crippen LogP contribution in [0.4, 0.5) is 0 Å². The molecule has 0 fully saturated rings. The number of para-hydroxylation sites is 2. The molecule has 6 nitrogen and oxygen atoms in total. The highest BCUT2D eigenvalue weighted by molar-refractivity contribution is 5.43. The van der Waals surface area contributed by atoms with Gasteiger partial charge in [0.2, 0.25) is 0 Å². The van der Waals surface area contributed by atoms with Crippen LogP contribution in [0.5, 0.6) is 23.0 Å². The number of benzene rings is 2. The molecule has 124 valence electrons. The fourth-order valence-corrected chi connectivity index (χ4v) is 2.17. The van der Waals surface area contributed by atoms with Crippen molar-refractivity contribution in [3.8, 4) is 23.0 Å². The molecule has 0 saturated heterocycles.